The van der Waals surface area contributed by atoms with Crippen molar-refractivity contribution in [2.45, 2.75) is 12.6 Å². The molecule has 0 aliphatic rings. The number of hydrogen-bond acceptors (Lipinski definition) is 5. The molecule has 124 valence electrons. The zero-order valence-corrected chi connectivity index (χ0v) is 12.7. The van der Waals surface area contributed by atoms with E-state index < -0.39 is 11.7 Å². The van der Waals surface area contributed by atoms with Gasteiger partial charge in [0.15, 0.2) is 0 Å². The average Bonchev–Trinajstić information content (AvgIpc) is 2.49. The van der Waals surface area contributed by atoms with E-state index in [0.29, 0.717) is 23.7 Å². The molecule has 0 saturated carbocycles. The van der Waals surface area contributed by atoms with E-state index in [-0.39, 0.29) is 18.3 Å². The summed E-state index contributed by atoms with van der Waals surface area (Å²) in [4.78, 5) is 7.61. The smallest absolute Gasteiger partial charge is 0.369 e. The van der Waals surface area contributed by atoms with Gasteiger partial charge in [-0.1, -0.05) is 11.6 Å². The van der Waals surface area contributed by atoms with Crippen molar-refractivity contribution in [3.8, 4) is 0 Å². The lowest BCUT2D eigenvalue weighted by molar-refractivity contribution is -0.137. The Morgan fingerprint density at radius 1 is 1.17 bits per heavy atom. The molecule has 0 unspecified atom stereocenters. The van der Waals surface area contributed by atoms with Crippen molar-refractivity contribution in [1.82, 2.24) is 9.97 Å². The molecule has 1 aromatic heterocycles. The first-order valence-corrected chi connectivity index (χ1v) is 7.18. The molecular weight excluding hydrogens is 331 g/mol. The fraction of sp³-hybridized carbons (Fsp3) is 0.286. The number of anilines is 3. The lowest BCUT2D eigenvalue weighted by Gasteiger charge is -2.14. The van der Waals surface area contributed by atoms with Crippen molar-refractivity contribution in [2.75, 3.05) is 23.7 Å². The zero-order chi connectivity index (χ0) is 16.9. The second-order valence-corrected chi connectivity index (χ2v) is 5.09. The molecule has 4 N–H and O–H groups in total. The SMILES string of the molecule is NCCCNc1nc(Nc2ccc(Cl)cc2)ncc1C(F)(F)F. The Balaban J connectivity index is 2.23. The number of rotatable bonds is 6. The van der Waals surface area contributed by atoms with Gasteiger partial charge in [0.25, 0.3) is 0 Å². The maximum absolute atomic E-state index is 13.0. The minimum Gasteiger partial charge on any atom is -0.369 e. The number of hydrogen-bond donors (Lipinski definition) is 3. The van der Waals surface area contributed by atoms with Crippen molar-refractivity contribution < 1.29 is 13.2 Å². The van der Waals surface area contributed by atoms with Crippen LogP contribution in [0, 0.1) is 0 Å². The highest BCUT2D eigenvalue weighted by atomic mass is 35.5. The first-order valence-electron chi connectivity index (χ1n) is 6.81. The van der Waals surface area contributed by atoms with Gasteiger partial charge in [-0.3, -0.25) is 0 Å². The van der Waals surface area contributed by atoms with Crippen LogP contribution in [0.15, 0.2) is 30.5 Å². The fourth-order valence-electron chi connectivity index (χ4n) is 1.76. The molecule has 2 rings (SSSR count). The number of nitrogens with two attached hydrogens (primary N) is 1. The van der Waals surface area contributed by atoms with Crippen LogP contribution in [-0.4, -0.2) is 23.1 Å². The summed E-state index contributed by atoms with van der Waals surface area (Å²) in [6.45, 7) is 0.659. The van der Waals surface area contributed by atoms with Crippen molar-refractivity contribution in [3.05, 3.63) is 41.0 Å². The summed E-state index contributed by atoms with van der Waals surface area (Å²) < 4.78 is 38.9. The predicted molar refractivity (Wildman–Crippen MR) is 83.9 cm³/mol. The quantitative estimate of drug-likeness (QED) is 0.697. The molecule has 0 fully saturated rings. The first kappa shape index (κ1) is 17.3. The molecule has 0 radical (unpaired) electrons. The van der Waals surface area contributed by atoms with Gasteiger partial charge in [0.1, 0.15) is 11.4 Å². The molecule has 0 spiro atoms. The van der Waals surface area contributed by atoms with Crippen molar-refractivity contribution in [1.29, 1.82) is 0 Å². The third-order valence-electron chi connectivity index (χ3n) is 2.87. The van der Waals surface area contributed by atoms with Gasteiger partial charge >= 0.3 is 6.18 Å². The fourth-order valence-corrected chi connectivity index (χ4v) is 1.88. The number of nitrogens with one attached hydrogen (secondary N) is 2. The monoisotopic (exact) mass is 345 g/mol. The number of aromatic nitrogens is 2. The van der Waals surface area contributed by atoms with Crippen LogP contribution in [0.4, 0.5) is 30.6 Å². The van der Waals surface area contributed by atoms with Crippen LogP contribution in [0.3, 0.4) is 0 Å². The molecule has 0 amide bonds. The van der Waals surface area contributed by atoms with Crippen LogP contribution in [-0.2, 0) is 6.18 Å². The molecule has 0 bridgehead atoms. The van der Waals surface area contributed by atoms with E-state index in [2.05, 4.69) is 20.6 Å². The maximum atomic E-state index is 13.0. The van der Waals surface area contributed by atoms with Gasteiger partial charge < -0.3 is 16.4 Å². The Morgan fingerprint density at radius 3 is 2.48 bits per heavy atom. The first-order chi connectivity index (χ1) is 10.9. The van der Waals surface area contributed by atoms with Gasteiger partial charge in [0, 0.05) is 23.5 Å². The third kappa shape index (κ3) is 4.97. The Morgan fingerprint density at radius 2 is 1.87 bits per heavy atom. The van der Waals surface area contributed by atoms with E-state index in [1.165, 1.54) is 0 Å². The van der Waals surface area contributed by atoms with Crippen LogP contribution >= 0.6 is 11.6 Å². The molecule has 0 aliphatic heterocycles. The lowest BCUT2D eigenvalue weighted by Crippen LogP contribution is -2.16. The Labute approximate surface area is 136 Å². The molecule has 0 aliphatic carbocycles. The standard InChI is InChI=1S/C14H15ClF3N5/c15-9-2-4-10(5-3-9)22-13-21-8-11(14(16,17)18)12(23-13)20-7-1-6-19/h2-5,8H,1,6-7,19H2,(H2,20,21,22,23). The number of benzene rings is 1. The molecule has 9 heteroatoms. The molecule has 0 atom stereocenters. The molecule has 1 heterocycles. The second-order valence-electron chi connectivity index (χ2n) is 4.65. The highest BCUT2D eigenvalue weighted by Gasteiger charge is 2.35. The molecule has 1 aromatic carbocycles. The Kier molecular flexibility index (Phi) is 5.62. The molecule has 0 saturated heterocycles. The minimum atomic E-state index is -4.54. The van der Waals surface area contributed by atoms with E-state index in [4.69, 9.17) is 17.3 Å². The van der Waals surface area contributed by atoms with Gasteiger partial charge in [-0.05, 0) is 37.2 Å². The Hall–Kier alpha value is -2.06. The summed E-state index contributed by atoms with van der Waals surface area (Å²) >= 11 is 5.78. The second kappa shape index (κ2) is 7.47. The van der Waals surface area contributed by atoms with Crippen LogP contribution < -0.4 is 16.4 Å². The summed E-state index contributed by atoms with van der Waals surface area (Å²) in [6.07, 6.45) is -3.26. The summed E-state index contributed by atoms with van der Waals surface area (Å²) in [5.74, 6) is -0.229. The normalized spacial score (nSPS) is 11.3. The van der Waals surface area contributed by atoms with Crippen molar-refractivity contribution >= 4 is 29.1 Å². The minimum absolute atomic E-state index is 0.0515. The van der Waals surface area contributed by atoms with Crippen molar-refractivity contribution in [2.24, 2.45) is 5.73 Å². The number of halogens is 4. The Bertz CT molecular complexity index is 646. The number of alkyl halides is 3. The highest BCUT2D eigenvalue weighted by Crippen LogP contribution is 2.34. The molecular formula is C14H15ClF3N5. The largest absolute Gasteiger partial charge is 0.421 e. The topological polar surface area (TPSA) is 75.9 Å². The van der Waals surface area contributed by atoms with E-state index in [0.717, 1.165) is 6.20 Å². The van der Waals surface area contributed by atoms with E-state index in [1.54, 1.807) is 24.3 Å². The van der Waals surface area contributed by atoms with E-state index in [9.17, 15) is 13.2 Å². The third-order valence-corrected chi connectivity index (χ3v) is 3.12. The predicted octanol–water partition coefficient (Wildman–Crippen LogP) is 3.65. The summed E-state index contributed by atoms with van der Waals surface area (Å²) in [7, 11) is 0. The van der Waals surface area contributed by atoms with Gasteiger partial charge in [-0.25, -0.2) is 4.98 Å². The van der Waals surface area contributed by atoms with Crippen LogP contribution in [0.1, 0.15) is 12.0 Å². The van der Waals surface area contributed by atoms with Gasteiger partial charge in [-0.15, -0.1) is 0 Å². The zero-order valence-electron chi connectivity index (χ0n) is 12.0. The lowest BCUT2D eigenvalue weighted by atomic mass is 10.3. The summed E-state index contributed by atoms with van der Waals surface area (Å²) in [5, 5.41) is 6.02. The summed E-state index contributed by atoms with van der Waals surface area (Å²) in [5.41, 5.74) is 5.04. The van der Waals surface area contributed by atoms with Gasteiger partial charge in [0.05, 0.1) is 0 Å². The van der Waals surface area contributed by atoms with Crippen molar-refractivity contribution in [3.63, 3.8) is 0 Å². The average molecular weight is 346 g/mol. The molecule has 2 aromatic rings. The van der Waals surface area contributed by atoms with Crippen LogP contribution in [0.25, 0.3) is 0 Å². The van der Waals surface area contributed by atoms with E-state index >= 15 is 0 Å². The number of nitrogens with zero attached hydrogens (tertiary/aromatic N) is 2. The van der Waals surface area contributed by atoms with Crippen LogP contribution in [0.5, 0.6) is 0 Å². The van der Waals surface area contributed by atoms with Gasteiger partial charge in [-0.2, -0.15) is 18.2 Å². The summed E-state index contributed by atoms with van der Waals surface area (Å²) in [6, 6.07) is 6.64. The van der Waals surface area contributed by atoms with Gasteiger partial charge in [0.2, 0.25) is 5.95 Å². The molecule has 5 nitrogen and oxygen atoms in total. The van der Waals surface area contributed by atoms with E-state index in [1.807, 2.05) is 0 Å². The van der Waals surface area contributed by atoms with Crippen LogP contribution in [0.2, 0.25) is 5.02 Å². The molecule has 23 heavy (non-hydrogen) atoms. The maximum Gasteiger partial charge on any atom is 0.421 e. The highest BCUT2D eigenvalue weighted by molar-refractivity contribution is 6.30.